The SMILES string of the molecule is CCOC(=O)c1c(NC(=O)CCN[C@H](C(N)=O)[C@H](C)CC)sc(C)c1-c1ccccc1. The first-order chi connectivity index (χ1) is 14.8. The number of carbonyl (C=O) groups excluding carboxylic acids is 3. The van der Waals surface area contributed by atoms with Crippen LogP contribution in [-0.2, 0) is 14.3 Å². The van der Waals surface area contributed by atoms with Gasteiger partial charge in [-0.1, -0.05) is 50.6 Å². The van der Waals surface area contributed by atoms with Crippen LogP contribution >= 0.6 is 11.3 Å². The van der Waals surface area contributed by atoms with Crippen molar-refractivity contribution in [2.24, 2.45) is 11.7 Å². The molecule has 0 saturated heterocycles. The molecule has 0 radical (unpaired) electrons. The summed E-state index contributed by atoms with van der Waals surface area (Å²) in [5.41, 5.74) is 7.48. The fraction of sp³-hybridized carbons (Fsp3) is 0.435. The molecule has 4 N–H and O–H groups in total. The lowest BCUT2D eigenvalue weighted by atomic mass is 9.98. The monoisotopic (exact) mass is 445 g/mol. The Kier molecular flexibility index (Phi) is 9.21. The molecule has 1 aromatic carbocycles. The van der Waals surface area contributed by atoms with Gasteiger partial charge in [-0.15, -0.1) is 11.3 Å². The van der Waals surface area contributed by atoms with Crippen molar-refractivity contribution in [3.8, 4) is 11.1 Å². The minimum atomic E-state index is -0.485. The lowest BCUT2D eigenvalue weighted by Crippen LogP contribution is -2.46. The molecule has 0 bridgehead atoms. The number of thiophene rings is 1. The molecule has 1 heterocycles. The summed E-state index contributed by atoms with van der Waals surface area (Å²) in [6, 6.07) is 9.07. The smallest absolute Gasteiger partial charge is 0.341 e. The number of esters is 1. The lowest BCUT2D eigenvalue weighted by molar-refractivity contribution is -0.121. The summed E-state index contributed by atoms with van der Waals surface area (Å²) in [5.74, 6) is -1.08. The minimum absolute atomic E-state index is 0.0735. The number of ether oxygens (including phenoxy) is 1. The van der Waals surface area contributed by atoms with Gasteiger partial charge in [-0.25, -0.2) is 4.79 Å². The standard InChI is InChI=1S/C23H31N3O4S/c1-5-14(3)20(21(24)28)25-13-12-17(27)26-22-19(23(29)30-6-2)18(15(4)31-22)16-10-8-7-9-11-16/h7-11,14,20,25H,5-6,12-13H2,1-4H3,(H2,24,28)(H,26,27)/t14-,20+/m1/s1. The van der Waals surface area contributed by atoms with Crippen molar-refractivity contribution >= 4 is 34.1 Å². The number of amides is 2. The van der Waals surface area contributed by atoms with E-state index >= 15 is 0 Å². The van der Waals surface area contributed by atoms with E-state index in [1.807, 2.05) is 51.1 Å². The Balaban J connectivity index is 2.18. The van der Waals surface area contributed by atoms with E-state index in [9.17, 15) is 14.4 Å². The quantitative estimate of drug-likeness (QED) is 0.457. The normalized spacial score (nSPS) is 12.8. The Labute approximate surface area is 187 Å². The Bertz CT molecular complexity index is 911. The maximum atomic E-state index is 12.7. The highest BCUT2D eigenvalue weighted by molar-refractivity contribution is 7.17. The summed E-state index contributed by atoms with van der Waals surface area (Å²) in [5, 5.41) is 6.38. The van der Waals surface area contributed by atoms with E-state index in [1.165, 1.54) is 11.3 Å². The second-order valence-corrected chi connectivity index (χ2v) is 8.57. The topological polar surface area (TPSA) is 111 Å². The molecular weight excluding hydrogens is 414 g/mol. The Morgan fingerprint density at radius 2 is 1.84 bits per heavy atom. The van der Waals surface area contributed by atoms with Crippen LogP contribution in [0.2, 0.25) is 0 Å². The molecule has 0 fully saturated rings. The number of rotatable bonds is 11. The zero-order chi connectivity index (χ0) is 23.0. The predicted molar refractivity (Wildman–Crippen MR) is 124 cm³/mol. The molecule has 2 rings (SSSR count). The highest BCUT2D eigenvalue weighted by Crippen LogP contribution is 2.40. The third-order valence-electron chi connectivity index (χ3n) is 5.12. The van der Waals surface area contributed by atoms with Crippen molar-refractivity contribution in [2.45, 2.75) is 46.6 Å². The molecule has 0 aliphatic carbocycles. The molecule has 7 nitrogen and oxygen atoms in total. The van der Waals surface area contributed by atoms with Crippen LogP contribution in [0.25, 0.3) is 11.1 Å². The Morgan fingerprint density at radius 3 is 2.42 bits per heavy atom. The van der Waals surface area contributed by atoms with Gasteiger partial charge in [0, 0.05) is 23.4 Å². The van der Waals surface area contributed by atoms with Gasteiger partial charge in [-0.3, -0.25) is 9.59 Å². The van der Waals surface area contributed by atoms with Crippen molar-refractivity contribution in [1.29, 1.82) is 0 Å². The van der Waals surface area contributed by atoms with Crippen LogP contribution in [-0.4, -0.2) is 37.0 Å². The third kappa shape index (κ3) is 6.38. The lowest BCUT2D eigenvalue weighted by Gasteiger charge is -2.21. The molecule has 31 heavy (non-hydrogen) atoms. The van der Waals surface area contributed by atoms with Gasteiger partial charge in [0.05, 0.1) is 12.6 Å². The first-order valence-electron chi connectivity index (χ1n) is 10.5. The van der Waals surface area contributed by atoms with Crippen LogP contribution in [0.15, 0.2) is 30.3 Å². The molecule has 2 atom stereocenters. The summed E-state index contributed by atoms with van der Waals surface area (Å²) < 4.78 is 5.26. The maximum absolute atomic E-state index is 12.7. The molecule has 168 valence electrons. The van der Waals surface area contributed by atoms with E-state index in [0.717, 1.165) is 22.4 Å². The van der Waals surface area contributed by atoms with Crippen molar-refractivity contribution in [3.05, 3.63) is 40.8 Å². The molecule has 2 amide bonds. The number of hydrogen-bond acceptors (Lipinski definition) is 6. The molecule has 0 saturated carbocycles. The second-order valence-electron chi connectivity index (χ2n) is 7.34. The van der Waals surface area contributed by atoms with Gasteiger partial charge in [0.1, 0.15) is 10.6 Å². The van der Waals surface area contributed by atoms with Crippen LogP contribution < -0.4 is 16.4 Å². The summed E-state index contributed by atoms with van der Waals surface area (Å²) in [6.45, 7) is 8.12. The van der Waals surface area contributed by atoms with Crippen LogP contribution in [0.1, 0.15) is 48.8 Å². The van der Waals surface area contributed by atoms with E-state index in [-0.39, 0.29) is 24.9 Å². The average Bonchev–Trinajstić information content (AvgIpc) is 3.06. The Hall–Kier alpha value is -2.71. The van der Waals surface area contributed by atoms with Gasteiger partial charge in [-0.2, -0.15) is 0 Å². The van der Waals surface area contributed by atoms with Gasteiger partial charge in [-0.05, 0) is 25.3 Å². The predicted octanol–water partition coefficient (Wildman–Crippen LogP) is 3.72. The van der Waals surface area contributed by atoms with Crippen molar-refractivity contribution in [3.63, 3.8) is 0 Å². The van der Waals surface area contributed by atoms with Gasteiger partial charge in [0.15, 0.2) is 0 Å². The van der Waals surface area contributed by atoms with Crippen LogP contribution in [0.3, 0.4) is 0 Å². The van der Waals surface area contributed by atoms with E-state index in [1.54, 1.807) is 6.92 Å². The first-order valence-corrected chi connectivity index (χ1v) is 11.3. The molecule has 0 aliphatic rings. The number of nitrogens with two attached hydrogens (primary N) is 1. The van der Waals surface area contributed by atoms with Crippen molar-refractivity contribution in [1.82, 2.24) is 5.32 Å². The number of hydrogen-bond donors (Lipinski definition) is 3. The molecule has 2 aromatic rings. The van der Waals surface area contributed by atoms with Crippen LogP contribution in [0.5, 0.6) is 0 Å². The zero-order valence-electron chi connectivity index (χ0n) is 18.5. The number of nitrogens with one attached hydrogen (secondary N) is 2. The molecule has 0 spiro atoms. The van der Waals surface area contributed by atoms with E-state index < -0.39 is 17.9 Å². The molecule has 1 aromatic heterocycles. The number of carbonyl (C=O) groups is 3. The largest absolute Gasteiger partial charge is 0.462 e. The molecule has 0 unspecified atom stereocenters. The number of benzene rings is 1. The Morgan fingerprint density at radius 1 is 1.16 bits per heavy atom. The molecular formula is C23H31N3O4S. The van der Waals surface area contributed by atoms with Gasteiger partial charge >= 0.3 is 5.97 Å². The van der Waals surface area contributed by atoms with Crippen molar-refractivity contribution in [2.75, 3.05) is 18.5 Å². The van der Waals surface area contributed by atoms with Gasteiger partial charge < -0.3 is 21.1 Å². The fourth-order valence-electron chi connectivity index (χ4n) is 3.33. The van der Waals surface area contributed by atoms with Gasteiger partial charge in [0.2, 0.25) is 11.8 Å². The third-order valence-corrected chi connectivity index (χ3v) is 6.14. The van der Waals surface area contributed by atoms with Gasteiger partial charge in [0.25, 0.3) is 0 Å². The number of anilines is 1. The van der Waals surface area contributed by atoms with Crippen LogP contribution in [0.4, 0.5) is 5.00 Å². The number of aryl methyl sites for hydroxylation is 1. The van der Waals surface area contributed by atoms with E-state index in [0.29, 0.717) is 17.1 Å². The summed E-state index contributed by atoms with van der Waals surface area (Å²) in [6.07, 6.45) is 0.937. The zero-order valence-corrected chi connectivity index (χ0v) is 19.3. The summed E-state index contributed by atoms with van der Waals surface area (Å²) in [7, 11) is 0. The highest BCUT2D eigenvalue weighted by Gasteiger charge is 2.26. The molecule has 0 aliphatic heterocycles. The summed E-state index contributed by atoms with van der Waals surface area (Å²) >= 11 is 1.34. The minimum Gasteiger partial charge on any atom is -0.462 e. The van der Waals surface area contributed by atoms with Crippen molar-refractivity contribution < 1.29 is 19.1 Å². The van der Waals surface area contributed by atoms with E-state index in [4.69, 9.17) is 10.5 Å². The van der Waals surface area contributed by atoms with E-state index in [2.05, 4.69) is 10.6 Å². The second kappa shape index (κ2) is 11.6. The maximum Gasteiger partial charge on any atom is 0.341 e. The number of primary amides is 1. The average molecular weight is 446 g/mol. The van der Waals surface area contributed by atoms with Crippen LogP contribution in [0, 0.1) is 12.8 Å². The highest BCUT2D eigenvalue weighted by atomic mass is 32.1. The molecule has 8 heteroatoms. The first kappa shape index (κ1) is 24.6. The fourth-order valence-corrected chi connectivity index (χ4v) is 4.41. The summed E-state index contributed by atoms with van der Waals surface area (Å²) in [4.78, 5) is 37.8.